The van der Waals surface area contributed by atoms with Gasteiger partial charge in [-0.2, -0.15) is 0 Å². The lowest BCUT2D eigenvalue weighted by Gasteiger charge is -2.08. The Morgan fingerprint density at radius 3 is 2.64 bits per heavy atom. The van der Waals surface area contributed by atoms with Crippen LogP contribution in [0.2, 0.25) is 0 Å². The number of hydrogen-bond acceptors (Lipinski definition) is 2. The number of halogens is 1. The van der Waals surface area contributed by atoms with Crippen LogP contribution in [0.5, 0.6) is 0 Å². The van der Waals surface area contributed by atoms with Crippen LogP contribution in [0.15, 0.2) is 28.7 Å². The van der Waals surface area contributed by atoms with Gasteiger partial charge in [0.1, 0.15) is 0 Å². The summed E-state index contributed by atoms with van der Waals surface area (Å²) in [5, 5.41) is 3.21. The molecule has 2 rings (SSSR count). The summed E-state index contributed by atoms with van der Waals surface area (Å²) in [4.78, 5) is 11.9. The average molecular weight is 254 g/mol. The fraction of sp³-hybridized carbons (Fsp3) is 0.364. The highest BCUT2D eigenvalue weighted by Gasteiger charge is 2.22. The van der Waals surface area contributed by atoms with E-state index in [1.165, 1.54) is 0 Å². The Bertz CT molecular complexity index is 328. The predicted molar refractivity (Wildman–Crippen MR) is 59.5 cm³/mol. The van der Waals surface area contributed by atoms with Crippen molar-refractivity contribution in [1.82, 2.24) is 5.32 Å². The lowest BCUT2D eigenvalue weighted by molar-refractivity contribution is 0.0952. The summed E-state index contributed by atoms with van der Waals surface area (Å²) in [5.41, 5.74) is 0.799. The molecular weight excluding hydrogens is 242 g/mol. The summed E-state index contributed by atoms with van der Waals surface area (Å²) in [6, 6.07) is 7.58. The molecule has 1 heterocycles. The number of carbonyl (C=O) groups is 1. The molecule has 0 radical (unpaired) electrons. The fourth-order valence-corrected chi connectivity index (χ4v) is 1.99. The lowest BCUT2D eigenvalue weighted by atomic mass is 10.0. The van der Waals surface area contributed by atoms with E-state index in [2.05, 4.69) is 21.2 Å². The second-order valence-corrected chi connectivity index (χ2v) is 4.44. The van der Waals surface area contributed by atoms with Gasteiger partial charge in [-0.25, -0.2) is 0 Å². The van der Waals surface area contributed by atoms with Crippen LogP contribution in [0.3, 0.4) is 0 Å². The standard InChI is InChI=1S/C11H12BrNO/c12-9-5-3-8(4-6-9)11(14)10-2-1-7-13-10/h3-6,10,13H,1-2,7H2. The van der Waals surface area contributed by atoms with Crippen LogP contribution in [0.4, 0.5) is 0 Å². The molecule has 1 aromatic rings. The highest BCUT2D eigenvalue weighted by atomic mass is 79.9. The van der Waals surface area contributed by atoms with E-state index in [1.54, 1.807) is 0 Å². The first-order valence-corrected chi connectivity index (χ1v) is 5.60. The van der Waals surface area contributed by atoms with Gasteiger partial charge < -0.3 is 5.32 Å². The van der Waals surface area contributed by atoms with Crippen LogP contribution in [0.25, 0.3) is 0 Å². The van der Waals surface area contributed by atoms with E-state index in [9.17, 15) is 4.79 Å². The SMILES string of the molecule is O=C(c1ccc(Br)cc1)C1CCCN1. The minimum Gasteiger partial charge on any atom is -0.307 e. The number of ketones is 1. The number of Topliss-reactive ketones (excluding diaryl/α,β-unsaturated/α-hetero) is 1. The highest BCUT2D eigenvalue weighted by Crippen LogP contribution is 2.15. The van der Waals surface area contributed by atoms with Crippen molar-refractivity contribution in [3.63, 3.8) is 0 Å². The Labute approximate surface area is 91.8 Å². The summed E-state index contributed by atoms with van der Waals surface area (Å²) in [6.45, 7) is 0.965. The van der Waals surface area contributed by atoms with Crippen LogP contribution in [-0.4, -0.2) is 18.4 Å². The maximum atomic E-state index is 11.9. The van der Waals surface area contributed by atoms with E-state index < -0.39 is 0 Å². The molecule has 2 nitrogen and oxygen atoms in total. The van der Waals surface area contributed by atoms with E-state index in [0.29, 0.717) is 0 Å². The van der Waals surface area contributed by atoms with Crippen molar-refractivity contribution in [3.05, 3.63) is 34.3 Å². The summed E-state index contributed by atoms with van der Waals surface area (Å²) in [5.74, 6) is 0.218. The lowest BCUT2D eigenvalue weighted by Crippen LogP contribution is -2.30. The van der Waals surface area contributed by atoms with E-state index in [4.69, 9.17) is 0 Å². The fourth-order valence-electron chi connectivity index (χ4n) is 1.72. The molecule has 0 aromatic heterocycles. The zero-order valence-corrected chi connectivity index (χ0v) is 9.38. The molecule has 1 atom stereocenters. The maximum absolute atomic E-state index is 11.9. The van der Waals surface area contributed by atoms with Crippen LogP contribution in [0.1, 0.15) is 23.2 Å². The Balaban J connectivity index is 2.14. The molecule has 1 aromatic carbocycles. The molecule has 1 aliphatic rings. The summed E-state index contributed by atoms with van der Waals surface area (Å²) >= 11 is 3.35. The Kier molecular flexibility index (Phi) is 2.99. The zero-order chi connectivity index (χ0) is 9.97. The second-order valence-electron chi connectivity index (χ2n) is 3.52. The molecule has 74 valence electrons. The second kappa shape index (κ2) is 4.24. The van der Waals surface area contributed by atoms with Gasteiger partial charge in [-0.05, 0) is 31.5 Å². The van der Waals surface area contributed by atoms with Gasteiger partial charge in [0.2, 0.25) is 0 Å². The van der Waals surface area contributed by atoms with Crippen molar-refractivity contribution in [1.29, 1.82) is 0 Å². The molecule has 1 unspecified atom stereocenters. The molecule has 1 aliphatic heterocycles. The third-order valence-corrected chi connectivity index (χ3v) is 3.03. The minimum absolute atomic E-state index is 0.0381. The van der Waals surface area contributed by atoms with Crippen LogP contribution in [0, 0.1) is 0 Å². The van der Waals surface area contributed by atoms with Gasteiger partial charge in [0.15, 0.2) is 5.78 Å². The largest absolute Gasteiger partial charge is 0.307 e. The molecule has 3 heteroatoms. The van der Waals surface area contributed by atoms with Gasteiger partial charge in [0, 0.05) is 10.0 Å². The Morgan fingerprint density at radius 2 is 2.07 bits per heavy atom. The highest BCUT2D eigenvalue weighted by molar-refractivity contribution is 9.10. The molecule has 0 saturated carbocycles. The van der Waals surface area contributed by atoms with Crippen molar-refractivity contribution in [2.75, 3.05) is 6.54 Å². The number of benzene rings is 1. The topological polar surface area (TPSA) is 29.1 Å². The van der Waals surface area contributed by atoms with Crippen molar-refractivity contribution < 1.29 is 4.79 Å². The summed E-state index contributed by atoms with van der Waals surface area (Å²) in [7, 11) is 0. The van der Waals surface area contributed by atoms with E-state index in [-0.39, 0.29) is 11.8 Å². The zero-order valence-electron chi connectivity index (χ0n) is 7.79. The smallest absolute Gasteiger partial charge is 0.179 e. The Hall–Kier alpha value is -0.670. The van der Waals surface area contributed by atoms with Crippen molar-refractivity contribution in [2.24, 2.45) is 0 Å². The van der Waals surface area contributed by atoms with Crippen molar-refractivity contribution in [3.8, 4) is 0 Å². The molecule has 14 heavy (non-hydrogen) atoms. The van der Waals surface area contributed by atoms with Gasteiger partial charge >= 0.3 is 0 Å². The van der Waals surface area contributed by atoms with Gasteiger partial charge in [0.05, 0.1) is 6.04 Å². The molecule has 0 spiro atoms. The molecule has 1 saturated heterocycles. The maximum Gasteiger partial charge on any atom is 0.179 e. The summed E-state index contributed by atoms with van der Waals surface area (Å²) < 4.78 is 1.01. The molecular formula is C11H12BrNO. The third-order valence-electron chi connectivity index (χ3n) is 2.51. The van der Waals surface area contributed by atoms with Crippen LogP contribution >= 0.6 is 15.9 Å². The molecule has 0 aliphatic carbocycles. The first-order chi connectivity index (χ1) is 6.77. The van der Waals surface area contributed by atoms with Gasteiger partial charge in [-0.3, -0.25) is 4.79 Å². The van der Waals surface area contributed by atoms with E-state index in [0.717, 1.165) is 29.4 Å². The first kappa shape index (κ1) is 9.87. The monoisotopic (exact) mass is 253 g/mol. The normalized spacial score (nSPS) is 21.1. The van der Waals surface area contributed by atoms with E-state index >= 15 is 0 Å². The predicted octanol–water partition coefficient (Wildman–Crippen LogP) is 2.38. The summed E-state index contributed by atoms with van der Waals surface area (Å²) in [6.07, 6.45) is 2.07. The van der Waals surface area contributed by atoms with Gasteiger partial charge in [-0.15, -0.1) is 0 Å². The quantitative estimate of drug-likeness (QED) is 0.821. The average Bonchev–Trinajstić information content (AvgIpc) is 2.71. The number of hydrogen-bond donors (Lipinski definition) is 1. The molecule has 0 bridgehead atoms. The van der Waals surface area contributed by atoms with E-state index in [1.807, 2.05) is 24.3 Å². The number of rotatable bonds is 2. The Morgan fingerprint density at radius 1 is 1.36 bits per heavy atom. The molecule has 1 N–H and O–H groups in total. The van der Waals surface area contributed by atoms with Crippen molar-refractivity contribution >= 4 is 21.7 Å². The van der Waals surface area contributed by atoms with Crippen LogP contribution in [-0.2, 0) is 0 Å². The van der Waals surface area contributed by atoms with Crippen LogP contribution < -0.4 is 5.32 Å². The third kappa shape index (κ3) is 2.04. The van der Waals surface area contributed by atoms with Gasteiger partial charge in [-0.1, -0.05) is 28.1 Å². The number of nitrogens with one attached hydrogen (secondary N) is 1. The minimum atomic E-state index is 0.0381. The number of carbonyl (C=O) groups excluding carboxylic acids is 1. The molecule has 1 fully saturated rings. The van der Waals surface area contributed by atoms with Crippen molar-refractivity contribution in [2.45, 2.75) is 18.9 Å². The molecule has 0 amide bonds. The first-order valence-electron chi connectivity index (χ1n) is 4.80. The van der Waals surface area contributed by atoms with Gasteiger partial charge in [0.25, 0.3) is 0 Å².